The number of esters is 1. The fraction of sp³-hybridized carbons (Fsp3) is 0.300. The summed E-state index contributed by atoms with van der Waals surface area (Å²) in [7, 11) is 0. The summed E-state index contributed by atoms with van der Waals surface area (Å²) in [5, 5.41) is 2.89. The highest BCUT2D eigenvalue weighted by atomic mass is 35.5. The number of benzene rings is 2. The first-order valence-electron chi connectivity index (χ1n) is 8.50. The largest absolute Gasteiger partial charge is 0.449 e. The van der Waals surface area contributed by atoms with Crippen molar-refractivity contribution in [3.8, 4) is 0 Å². The summed E-state index contributed by atoms with van der Waals surface area (Å²) in [4.78, 5) is 24.6. The minimum atomic E-state index is -0.988. The van der Waals surface area contributed by atoms with Gasteiger partial charge in [-0.2, -0.15) is 0 Å². The summed E-state index contributed by atoms with van der Waals surface area (Å²) in [6.07, 6.45) is 1.84. The molecular weight excluding hydrogens is 357 g/mol. The smallest absolute Gasteiger partial charge is 0.340 e. The van der Waals surface area contributed by atoms with E-state index in [0.717, 1.165) is 37.0 Å². The van der Waals surface area contributed by atoms with Crippen molar-refractivity contribution >= 4 is 23.5 Å². The number of halogens is 2. The van der Waals surface area contributed by atoms with Crippen LogP contribution in [0.2, 0.25) is 5.02 Å². The summed E-state index contributed by atoms with van der Waals surface area (Å²) in [6.45, 7) is 1.50. The zero-order chi connectivity index (χ0) is 18.7. The fourth-order valence-electron chi connectivity index (χ4n) is 3.13. The van der Waals surface area contributed by atoms with Crippen molar-refractivity contribution in [1.82, 2.24) is 5.32 Å². The van der Waals surface area contributed by atoms with Crippen LogP contribution in [0.25, 0.3) is 0 Å². The van der Waals surface area contributed by atoms with Crippen LogP contribution in [0.5, 0.6) is 0 Å². The quantitative estimate of drug-likeness (QED) is 0.814. The highest BCUT2D eigenvalue weighted by molar-refractivity contribution is 6.33. The number of hydrogen-bond donors (Lipinski definition) is 1. The van der Waals surface area contributed by atoms with E-state index in [9.17, 15) is 14.0 Å². The van der Waals surface area contributed by atoms with E-state index in [4.69, 9.17) is 16.3 Å². The van der Waals surface area contributed by atoms with E-state index >= 15 is 0 Å². The lowest BCUT2D eigenvalue weighted by molar-refractivity contribution is -0.130. The number of rotatable bonds is 4. The SMILES string of the molecule is C[C@H](OC(=O)c1ccc(F)cc1Cl)C(=O)N[C@@H]1CCCc2ccccc21. The zero-order valence-corrected chi connectivity index (χ0v) is 15.1. The number of aryl methyl sites for hydroxylation is 1. The Labute approximate surface area is 156 Å². The molecule has 2 atom stereocenters. The normalized spacial score (nSPS) is 17.1. The second-order valence-corrected chi connectivity index (χ2v) is 6.73. The Kier molecular flexibility index (Phi) is 5.57. The van der Waals surface area contributed by atoms with Crippen molar-refractivity contribution in [2.75, 3.05) is 0 Å². The Bertz CT molecular complexity index is 840. The van der Waals surface area contributed by atoms with Crippen LogP contribution in [0.4, 0.5) is 4.39 Å². The highest BCUT2D eigenvalue weighted by Gasteiger charge is 2.26. The Morgan fingerprint density at radius 1 is 1.27 bits per heavy atom. The molecule has 0 aromatic heterocycles. The van der Waals surface area contributed by atoms with Gasteiger partial charge in [0.05, 0.1) is 16.6 Å². The molecule has 6 heteroatoms. The first-order valence-corrected chi connectivity index (χ1v) is 8.87. The molecule has 1 amide bonds. The lowest BCUT2D eigenvalue weighted by Crippen LogP contribution is -2.39. The molecule has 1 aliphatic carbocycles. The predicted molar refractivity (Wildman–Crippen MR) is 96.6 cm³/mol. The van der Waals surface area contributed by atoms with Gasteiger partial charge < -0.3 is 10.1 Å². The lowest BCUT2D eigenvalue weighted by Gasteiger charge is -2.27. The van der Waals surface area contributed by atoms with Crippen LogP contribution in [0.3, 0.4) is 0 Å². The topological polar surface area (TPSA) is 55.4 Å². The molecule has 1 aliphatic rings. The molecule has 2 aromatic rings. The van der Waals surface area contributed by atoms with Gasteiger partial charge >= 0.3 is 5.97 Å². The summed E-state index contributed by atoms with van der Waals surface area (Å²) in [6, 6.07) is 11.3. The van der Waals surface area contributed by atoms with Gasteiger partial charge in [0, 0.05) is 0 Å². The number of hydrogen-bond acceptors (Lipinski definition) is 3. The monoisotopic (exact) mass is 375 g/mol. The average molecular weight is 376 g/mol. The molecule has 0 aliphatic heterocycles. The molecule has 0 bridgehead atoms. The number of ether oxygens (including phenoxy) is 1. The van der Waals surface area contributed by atoms with E-state index < -0.39 is 17.9 Å². The van der Waals surface area contributed by atoms with E-state index in [0.29, 0.717) is 0 Å². The number of carbonyl (C=O) groups excluding carboxylic acids is 2. The maximum absolute atomic E-state index is 13.1. The summed E-state index contributed by atoms with van der Waals surface area (Å²) in [5.41, 5.74) is 2.36. The number of fused-ring (bicyclic) bond motifs is 1. The van der Waals surface area contributed by atoms with E-state index in [2.05, 4.69) is 11.4 Å². The molecular formula is C20H19ClFNO3. The van der Waals surface area contributed by atoms with E-state index in [1.165, 1.54) is 18.6 Å². The molecule has 0 heterocycles. The van der Waals surface area contributed by atoms with Crippen molar-refractivity contribution in [1.29, 1.82) is 0 Å². The van der Waals surface area contributed by atoms with Crippen LogP contribution in [0.15, 0.2) is 42.5 Å². The van der Waals surface area contributed by atoms with Crippen LogP contribution in [0.1, 0.15) is 47.3 Å². The minimum absolute atomic E-state index is 0.0238. The van der Waals surface area contributed by atoms with Gasteiger partial charge in [0.2, 0.25) is 0 Å². The van der Waals surface area contributed by atoms with Gasteiger partial charge in [0.1, 0.15) is 5.82 Å². The molecule has 26 heavy (non-hydrogen) atoms. The summed E-state index contributed by atoms with van der Waals surface area (Å²) < 4.78 is 18.3. The van der Waals surface area contributed by atoms with Crippen molar-refractivity contribution < 1.29 is 18.7 Å². The van der Waals surface area contributed by atoms with Crippen LogP contribution >= 0.6 is 11.6 Å². The molecule has 0 fully saturated rings. The van der Waals surface area contributed by atoms with Gasteiger partial charge in [-0.15, -0.1) is 0 Å². The maximum Gasteiger partial charge on any atom is 0.340 e. The highest BCUT2D eigenvalue weighted by Crippen LogP contribution is 2.29. The van der Waals surface area contributed by atoms with E-state index in [-0.39, 0.29) is 22.5 Å². The Morgan fingerprint density at radius 3 is 2.81 bits per heavy atom. The van der Waals surface area contributed by atoms with Crippen LogP contribution in [-0.4, -0.2) is 18.0 Å². The van der Waals surface area contributed by atoms with Crippen molar-refractivity contribution in [2.45, 2.75) is 38.3 Å². The molecule has 0 spiro atoms. The number of carbonyl (C=O) groups is 2. The first kappa shape index (κ1) is 18.4. The predicted octanol–water partition coefficient (Wildman–Crippen LogP) is 4.22. The third kappa shape index (κ3) is 4.05. The van der Waals surface area contributed by atoms with Gasteiger partial charge in [0.15, 0.2) is 6.10 Å². The minimum Gasteiger partial charge on any atom is -0.449 e. The third-order valence-electron chi connectivity index (χ3n) is 4.49. The molecule has 4 nitrogen and oxygen atoms in total. The van der Waals surface area contributed by atoms with Gasteiger partial charge in [-0.25, -0.2) is 9.18 Å². The number of amides is 1. The molecule has 3 rings (SSSR count). The lowest BCUT2D eigenvalue weighted by atomic mass is 9.87. The Balaban J connectivity index is 1.64. The zero-order valence-electron chi connectivity index (χ0n) is 14.3. The van der Waals surface area contributed by atoms with Crippen molar-refractivity contribution in [2.24, 2.45) is 0 Å². The third-order valence-corrected chi connectivity index (χ3v) is 4.80. The second kappa shape index (κ2) is 7.87. The standard InChI is InChI=1S/C20H19ClFNO3/c1-12(26-20(25)16-10-9-14(22)11-17(16)21)19(24)23-18-8-4-6-13-5-2-3-7-15(13)18/h2-3,5,7,9-12,18H,4,6,8H2,1H3,(H,23,24)/t12-,18+/m0/s1. The maximum atomic E-state index is 13.1. The van der Waals surface area contributed by atoms with Gasteiger partial charge in [-0.3, -0.25) is 4.79 Å². The summed E-state index contributed by atoms with van der Waals surface area (Å²) >= 11 is 5.86. The molecule has 0 unspecified atom stereocenters. The average Bonchev–Trinajstić information content (AvgIpc) is 2.61. The Morgan fingerprint density at radius 2 is 2.04 bits per heavy atom. The van der Waals surface area contributed by atoms with Gasteiger partial charge in [-0.05, 0) is 55.5 Å². The van der Waals surface area contributed by atoms with E-state index in [1.807, 2.05) is 18.2 Å². The molecule has 0 radical (unpaired) electrons. The van der Waals surface area contributed by atoms with Gasteiger partial charge in [0.25, 0.3) is 5.91 Å². The summed E-state index contributed by atoms with van der Waals surface area (Å²) in [5.74, 6) is -1.69. The molecule has 136 valence electrons. The van der Waals surface area contributed by atoms with Crippen LogP contribution < -0.4 is 5.32 Å². The van der Waals surface area contributed by atoms with Crippen LogP contribution in [-0.2, 0) is 16.0 Å². The van der Waals surface area contributed by atoms with Gasteiger partial charge in [-0.1, -0.05) is 35.9 Å². The van der Waals surface area contributed by atoms with Crippen molar-refractivity contribution in [3.05, 3.63) is 70.0 Å². The molecule has 0 saturated heterocycles. The first-order chi connectivity index (χ1) is 12.5. The van der Waals surface area contributed by atoms with Crippen molar-refractivity contribution in [3.63, 3.8) is 0 Å². The molecule has 0 saturated carbocycles. The molecule has 2 aromatic carbocycles. The number of nitrogens with one attached hydrogen (secondary N) is 1. The second-order valence-electron chi connectivity index (χ2n) is 6.32. The fourth-order valence-corrected chi connectivity index (χ4v) is 3.37. The Hall–Kier alpha value is -2.40. The molecule has 1 N–H and O–H groups in total. The van der Waals surface area contributed by atoms with E-state index in [1.54, 1.807) is 0 Å². The van der Waals surface area contributed by atoms with Crippen LogP contribution in [0, 0.1) is 5.82 Å².